The number of nitrogens with two attached hydrogens (primary N) is 2. The molecular weight excluding hydrogens is 228 g/mol. The lowest BCUT2D eigenvalue weighted by molar-refractivity contribution is -0.119. The lowest BCUT2D eigenvalue weighted by Gasteiger charge is -2.20. The van der Waals surface area contributed by atoms with Gasteiger partial charge in [0.1, 0.15) is 0 Å². The number of primary amides is 1. The minimum Gasteiger partial charge on any atom is -0.399 e. The van der Waals surface area contributed by atoms with E-state index in [2.05, 4.69) is 6.07 Å². The number of hydrogen-bond acceptors (Lipinski definition) is 4. The van der Waals surface area contributed by atoms with Gasteiger partial charge in [0, 0.05) is 25.2 Å². The summed E-state index contributed by atoms with van der Waals surface area (Å²) in [6.45, 7) is 1.52. The maximum absolute atomic E-state index is 11.0. The van der Waals surface area contributed by atoms with Gasteiger partial charge in [-0.3, -0.25) is 9.69 Å². The third-order valence-electron chi connectivity index (χ3n) is 2.53. The van der Waals surface area contributed by atoms with Gasteiger partial charge in [0.2, 0.25) is 5.91 Å². The van der Waals surface area contributed by atoms with E-state index in [0.29, 0.717) is 25.2 Å². The number of anilines is 1. The molecule has 0 atom stereocenters. The van der Waals surface area contributed by atoms with E-state index in [1.54, 1.807) is 0 Å². The number of benzene rings is 1. The number of nitrogen functional groups attached to an aromatic ring is 1. The van der Waals surface area contributed by atoms with Crippen LogP contribution in [0.15, 0.2) is 24.3 Å². The number of nitriles is 1. The molecule has 1 amide bonds. The molecule has 0 spiro atoms. The van der Waals surface area contributed by atoms with E-state index in [1.165, 1.54) is 0 Å². The van der Waals surface area contributed by atoms with Gasteiger partial charge in [0.15, 0.2) is 0 Å². The number of unbranched alkanes of at least 4 members (excludes halogenated alkanes) is 1. The minimum absolute atomic E-state index is 0.204. The fraction of sp³-hybridized carbons (Fsp3) is 0.385. The van der Waals surface area contributed by atoms with E-state index in [1.807, 2.05) is 29.2 Å². The average Bonchev–Trinajstić information content (AvgIpc) is 2.31. The van der Waals surface area contributed by atoms with Gasteiger partial charge in [0.25, 0.3) is 0 Å². The highest BCUT2D eigenvalue weighted by Crippen LogP contribution is 2.09. The maximum Gasteiger partial charge on any atom is 0.231 e. The molecule has 96 valence electrons. The van der Waals surface area contributed by atoms with Crippen molar-refractivity contribution in [2.75, 3.05) is 18.8 Å². The molecular formula is C13H18N4O. The lowest BCUT2D eigenvalue weighted by Crippen LogP contribution is -2.34. The third-order valence-corrected chi connectivity index (χ3v) is 2.53. The molecule has 0 unspecified atom stereocenters. The van der Waals surface area contributed by atoms with Crippen LogP contribution in [0.25, 0.3) is 0 Å². The Labute approximate surface area is 107 Å². The Balaban J connectivity index is 2.56. The number of amides is 1. The van der Waals surface area contributed by atoms with Crippen LogP contribution in [0.2, 0.25) is 0 Å². The van der Waals surface area contributed by atoms with Gasteiger partial charge in [-0.1, -0.05) is 12.1 Å². The zero-order valence-electron chi connectivity index (χ0n) is 10.3. The highest BCUT2D eigenvalue weighted by Gasteiger charge is 2.08. The number of carbonyl (C=O) groups is 1. The zero-order chi connectivity index (χ0) is 13.4. The van der Waals surface area contributed by atoms with E-state index in [-0.39, 0.29) is 12.5 Å². The Kier molecular flexibility index (Phi) is 5.68. The van der Waals surface area contributed by atoms with Gasteiger partial charge in [-0.15, -0.1) is 0 Å². The topological polar surface area (TPSA) is 96.1 Å². The first-order valence-electron chi connectivity index (χ1n) is 5.84. The van der Waals surface area contributed by atoms with Crippen LogP contribution in [-0.2, 0) is 11.3 Å². The predicted octanol–water partition coefficient (Wildman–Crippen LogP) is 0.860. The molecule has 5 heteroatoms. The second-order valence-corrected chi connectivity index (χ2v) is 4.18. The van der Waals surface area contributed by atoms with E-state index in [9.17, 15) is 4.79 Å². The first-order valence-corrected chi connectivity index (χ1v) is 5.84. The van der Waals surface area contributed by atoms with Crippen LogP contribution in [0.1, 0.15) is 18.4 Å². The molecule has 0 bridgehead atoms. The monoisotopic (exact) mass is 246 g/mol. The van der Waals surface area contributed by atoms with Gasteiger partial charge in [-0.2, -0.15) is 5.26 Å². The smallest absolute Gasteiger partial charge is 0.231 e. The first kappa shape index (κ1) is 14.0. The van der Waals surface area contributed by atoms with Crippen molar-refractivity contribution in [3.63, 3.8) is 0 Å². The Morgan fingerprint density at radius 2 is 2.00 bits per heavy atom. The maximum atomic E-state index is 11.0. The fourth-order valence-corrected chi connectivity index (χ4v) is 1.70. The van der Waals surface area contributed by atoms with Crippen LogP contribution in [0.3, 0.4) is 0 Å². The summed E-state index contributed by atoms with van der Waals surface area (Å²) in [6.07, 6.45) is 1.22. The fourth-order valence-electron chi connectivity index (χ4n) is 1.70. The van der Waals surface area contributed by atoms with Crippen LogP contribution < -0.4 is 11.5 Å². The quantitative estimate of drug-likeness (QED) is 0.551. The largest absolute Gasteiger partial charge is 0.399 e. The van der Waals surface area contributed by atoms with Crippen molar-refractivity contribution < 1.29 is 4.79 Å². The van der Waals surface area contributed by atoms with Gasteiger partial charge >= 0.3 is 0 Å². The van der Waals surface area contributed by atoms with Crippen molar-refractivity contribution in [2.24, 2.45) is 5.73 Å². The normalized spacial score (nSPS) is 10.2. The molecule has 0 fully saturated rings. The third kappa shape index (κ3) is 5.32. The van der Waals surface area contributed by atoms with Gasteiger partial charge in [-0.25, -0.2) is 0 Å². The van der Waals surface area contributed by atoms with Crippen molar-refractivity contribution in [1.82, 2.24) is 4.90 Å². The van der Waals surface area contributed by atoms with Crippen molar-refractivity contribution in [3.8, 4) is 6.07 Å². The predicted molar refractivity (Wildman–Crippen MR) is 70.2 cm³/mol. The lowest BCUT2D eigenvalue weighted by atomic mass is 10.2. The molecule has 1 rings (SSSR count). The summed E-state index contributed by atoms with van der Waals surface area (Å²) in [5.41, 5.74) is 12.6. The molecule has 0 radical (unpaired) electrons. The number of hydrogen-bond donors (Lipinski definition) is 2. The molecule has 0 heterocycles. The summed E-state index contributed by atoms with van der Waals surface area (Å²) >= 11 is 0. The summed E-state index contributed by atoms with van der Waals surface area (Å²) in [6, 6.07) is 9.59. The summed E-state index contributed by atoms with van der Waals surface area (Å²) in [4.78, 5) is 12.9. The summed E-state index contributed by atoms with van der Waals surface area (Å²) in [5, 5.41) is 8.51. The van der Waals surface area contributed by atoms with Crippen molar-refractivity contribution >= 4 is 11.6 Å². The summed E-state index contributed by atoms with van der Waals surface area (Å²) in [5.74, 6) is -0.359. The molecule has 18 heavy (non-hydrogen) atoms. The molecule has 0 saturated carbocycles. The first-order chi connectivity index (χ1) is 8.61. The SMILES string of the molecule is N#CCCCN(CC(N)=O)Cc1ccc(N)cc1. The van der Waals surface area contributed by atoms with Crippen LogP contribution in [0, 0.1) is 11.3 Å². The highest BCUT2D eigenvalue weighted by atomic mass is 16.1. The zero-order valence-corrected chi connectivity index (χ0v) is 10.3. The van der Waals surface area contributed by atoms with Crippen LogP contribution in [0.5, 0.6) is 0 Å². The summed E-state index contributed by atoms with van der Waals surface area (Å²) < 4.78 is 0. The van der Waals surface area contributed by atoms with E-state index in [0.717, 1.165) is 12.0 Å². The van der Waals surface area contributed by atoms with E-state index < -0.39 is 0 Å². The second kappa shape index (κ2) is 7.30. The highest BCUT2D eigenvalue weighted by molar-refractivity contribution is 5.75. The Hall–Kier alpha value is -2.06. The molecule has 0 aliphatic heterocycles. The molecule has 1 aromatic carbocycles. The molecule has 0 aliphatic rings. The van der Waals surface area contributed by atoms with Gasteiger partial charge < -0.3 is 11.5 Å². The average molecular weight is 246 g/mol. The van der Waals surface area contributed by atoms with E-state index in [4.69, 9.17) is 16.7 Å². The number of nitrogens with zero attached hydrogens (tertiary/aromatic N) is 2. The van der Waals surface area contributed by atoms with Gasteiger partial charge in [-0.05, 0) is 24.1 Å². The molecule has 1 aromatic rings. The summed E-state index contributed by atoms with van der Waals surface area (Å²) in [7, 11) is 0. The van der Waals surface area contributed by atoms with Crippen LogP contribution in [-0.4, -0.2) is 23.9 Å². The van der Waals surface area contributed by atoms with Crippen LogP contribution in [0.4, 0.5) is 5.69 Å². The Morgan fingerprint density at radius 1 is 1.33 bits per heavy atom. The number of rotatable bonds is 7. The molecule has 0 aliphatic carbocycles. The molecule has 5 nitrogen and oxygen atoms in total. The molecule has 0 aromatic heterocycles. The second-order valence-electron chi connectivity index (χ2n) is 4.18. The van der Waals surface area contributed by atoms with Crippen LogP contribution >= 0.6 is 0 Å². The molecule has 0 saturated heterocycles. The Morgan fingerprint density at radius 3 is 2.56 bits per heavy atom. The van der Waals surface area contributed by atoms with E-state index >= 15 is 0 Å². The van der Waals surface area contributed by atoms with Crippen molar-refractivity contribution in [1.29, 1.82) is 5.26 Å². The standard InChI is InChI=1S/C13H18N4O/c14-7-1-2-8-17(10-13(16)18)9-11-3-5-12(15)6-4-11/h3-6H,1-2,8-10,15H2,(H2,16,18). The Bertz CT molecular complexity index is 422. The van der Waals surface area contributed by atoms with Crippen molar-refractivity contribution in [2.45, 2.75) is 19.4 Å². The minimum atomic E-state index is -0.359. The number of carbonyl (C=O) groups excluding carboxylic acids is 1. The van der Waals surface area contributed by atoms with Gasteiger partial charge in [0.05, 0.1) is 12.6 Å². The molecule has 4 N–H and O–H groups in total. The van der Waals surface area contributed by atoms with Crippen molar-refractivity contribution in [3.05, 3.63) is 29.8 Å².